The summed E-state index contributed by atoms with van der Waals surface area (Å²) in [5, 5.41) is 5.39. The lowest BCUT2D eigenvalue weighted by molar-refractivity contribution is -0.147. The van der Waals surface area contributed by atoms with E-state index in [-0.39, 0.29) is 17.9 Å². The first kappa shape index (κ1) is 13.2. The van der Waals surface area contributed by atoms with Gasteiger partial charge in [0.15, 0.2) is 0 Å². The largest absolute Gasteiger partial charge is 0.466 e. The van der Waals surface area contributed by atoms with Crippen LogP contribution in [0.5, 0.6) is 0 Å². The fourth-order valence-corrected chi connectivity index (χ4v) is 2.12. The second-order valence-corrected chi connectivity index (χ2v) is 4.78. The summed E-state index contributed by atoms with van der Waals surface area (Å²) >= 11 is 1.72. The quantitative estimate of drug-likeness (QED) is 0.778. The Balaban J connectivity index is 2.31. The molecule has 0 aliphatic heterocycles. The molecule has 0 radical (unpaired) electrons. The highest BCUT2D eigenvalue weighted by atomic mass is 32.1. The van der Waals surface area contributed by atoms with Crippen molar-refractivity contribution in [2.75, 3.05) is 13.2 Å². The number of ether oxygens (including phenoxy) is 1. The zero-order valence-corrected chi connectivity index (χ0v) is 10.8. The number of nitrogens with one attached hydrogen (secondary N) is 1. The van der Waals surface area contributed by atoms with Crippen LogP contribution in [-0.4, -0.2) is 19.1 Å². The van der Waals surface area contributed by atoms with Crippen molar-refractivity contribution < 1.29 is 9.53 Å². The third-order valence-corrected chi connectivity index (χ3v) is 3.44. The monoisotopic (exact) mass is 241 g/mol. The van der Waals surface area contributed by atoms with Gasteiger partial charge >= 0.3 is 5.97 Å². The minimum Gasteiger partial charge on any atom is -0.466 e. The molecule has 3 nitrogen and oxygen atoms in total. The molecule has 0 aliphatic carbocycles. The molecule has 2 atom stereocenters. The van der Waals surface area contributed by atoms with Crippen molar-refractivity contribution in [3.05, 3.63) is 22.4 Å². The molecule has 1 N–H and O–H groups in total. The van der Waals surface area contributed by atoms with Crippen LogP contribution in [0.3, 0.4) is 0 Å². The normalized spacial score (nSPS) is 14.4. The maximum Gasteiger partial charge on any atom is 0.309 e. The number of carbonyl (C=O) groups is 1. The Morgan fingerprint density at radius 1 is 1.56 bits per heavy atom. The first-order valence-corrected chi connectivity index (χ1v) is 6.46. The van der Waals surface area contributed by atoms with Crippen LogP contribution in [0.2, 0.25) is 0 Å². The van der Waals surface area contributed by atoms with E-state index in [9.17, 15) is 4.79 Å². The molecule has 0 aromatic carbocycles. The fraction of sp³-hybridized carbons (Fsp3) is 0.583. The Morgan fingerprint density at radius 3 is 2.88 bits per heavy atom. The number of carbonyl (C=O) groups excluding carboxylic acids is 1. The molecule has 1 aromatic rings. The molecule has 4 heteroatoms. The summed E-state index contributed by atoms with van der Waals surface area (Å²) in [6.45, 7) is 6.91. The van der Waals surface area contributed by atoms with E-state index in [1.54, 1.807) is 11.3 Å². The summed E-state index contributed by atoms with van der Waals surface area (Å²) in [6.07, 6.45) is 0. The predicted molar refractivity (Wildman–Crippen MR) is 66.5 cm³/mol. The van der Waals surface area contributed by atoms with Crippen LogP contribution in [0.1, 0.15) is 31.7 Å². The molecule has 0 saturated heterocycles. The molecule has 0 aliphatic rings. The zero-order valence-electron chi connectivity index (χ0n) is 10.0. The summed E-state index contributed by atoms with van der Waals surface area (Å²) in [4.78, 5) is 12.7. The molecule has 0 saturated carbocycles. The Labute approximate surface area is 101 Å². The lowest BCUT2D eigenvalue weighted by Crippen LogP contribution is -2.29. The van der Waals surface area contributed by atoms with Gasteiger partial charge in [0.25, 0.3) is 0 Å². The molecule has 1 aromatic heterocycles. The van der Waals surface area contributed by atoms with Crippen LogP contribution in [0.25, 0.3) is 0 Å². The average Bonchev–Trinajstić information content (AvgIpc) is 2.79. The average molecular weight is 241 g/mol. The van der Waals surface area contributed by atoms with Gasteiger partial charge in [0.05, 0.1) is 12.5 Å². The molecule has 16 heavy (non-hydrogen) atoms. The van der Waals surface area contributed by atoms with Gasteiger partial charge in [-0.05, 0) is 25.3 Å². The number of hydrogen-bond acceptors (Lipinski definition) is 4. The van der Waals surface area contributed by atoms with E-state index >= 15 is 0 Å². The van der Waals surface area contributed by atoms with Crippen molar-refractivity contribution in [3.63, 3.8) is 0 Å². The van der Waals surface area contributed by atoms with Crippen LogP contribution in [0.15, 0.2) is 17.5 Å². The number of thiophene rings is 1. The Kier molecular flexibility index (Phi) is 5.49. The van der Waals surface area contributed by atoms with E-state index in [0.717, 1.165) is 0 Å². The highest BCUT2D eigenvalue weighted by Gasteiger charge is 2.15. The third-order valence-electron chi connectivity index (χ3n) is 2.39. The van der Waals surface area contributed by atoms with Crippen LogP contribution < -0.4 is 5.32 Å². The van der Waals surface area contributed by atoms with E-state index in [1.165, 1.54) is 4.88 Å². The summed E-state index contributed by atoms with van der Waals surface area (Å²) in [7, 11) is 0. The Hall–Kier alpha value is -0.870. The molecule has 1 heterocycles. The van der Waals surface area contributed by atoms with E-state index in [4.69, 9.17) is 4.74 Å². The number of hydrogen-bond donors (Lipinski definition) is 1. The maximum atomic E-state index is 11.4. The zero-order chi connectivity index (χ0) is 12.0. The summed E-state index contributed by atoms with van der Waals surface area (Å²) < 4.78 is 4.95. The summed E-state index contributed by atoms with van der Waals surface area (Å²) in [5.41, 5.74) is 0. The third kappa shape index (κ3) is 3.94. The topological polar surface area (TPSA) is 38.3 Å². The van der Waals surface area contributed by atoms with Gasteiger partial charge in [-0.3, -0.25) is 4.79 Å². The minimum atomic E-state index is -0.131. The lowest BCUT2D eigenvalue weighted by atomic mass is 10.1. The predicted octanol–water partition coefficient (Wildman–Crippen LogP) is 2.60. The van der Waals surface area contributed by atoms with E-state index in [1.807, 2.05) is 19.9 Å². The molecule has 0 spiro atoms. The standard InChI is InChI=1S/C12H19NO2S/c1-4-15-12(14)9(2)8-13-10(3)11-6-5-7-16-11/h5-7,9-10,13H,4,8H2,1-3H3/t9?,10-/m0/s1. The van der Waals surface area contributed by atoms with Gasteiger partial charge in [-0.1, -0.05) is 13.0 Å². The van der Waals surface area contributed by atoms with E-state index < -0.39 is 0 Å². The van der Waals surface area contributed by atoms with Crippen molar-refractivity contribution in [1.29, 1.82) is 0 Å². The second-order valence-electron chi connectivity index (χ2n) is 3.80. The molecule has 0 bridgehead atoms. The van der Waals surface area contributed by atoms with Gasteiger partial charge in [0.1, 0.15) is 0 Å². The Morgan fingerprint density at radius 2 is 2.31 bits per heavy atom. The molecular formula is C12H19NO2S. The SMILES string of the molecule is CCOC(=O)C(C)CN[C@@H](C)c1cccs1. The van der Waals surface area contributed by atoms with Crippen LogP contribution >= 0.6 is 11.3 Å². The molecule has 1 unspecified atom stereocenters. The molecule has 90 valence electrons. The van der Waals surface area contributed by atoms with Crippen molar-refractivity contribution >= 4 is 17.3 Å². The molecular weight excluding hydrogens is 222 g/mol. The van der Waals surface area contributed by atoms with Gasteiger partial charge in [0, 0.05) is 17.5 Å². The first-order chi connectivity index (χ1) is 7.65. The van der Waals surface area contributed by atoms with E-state index in [0.29, 0.717) is 13.2 Å². The van der Waals surface area contributed by atoms with Crippen molar-refractivity contribution in [1.82, 2.24) is 5.32 Å². The van der Waals surface area contributed by atoms with Crippen molar-refractivity contribution in [2.24, 2.45) is 5.92 Å². The van der Waals surface area contributed by atoms with E-state index in [2.05, 4.69) is 23.7 Å². The van der Waals surface area contributed by atoms with Crippen LogP contribution in [0.4, 0.5) is 0 Å². The van der Waals surface area contributed by atoms with Crippen LogP contribution in [0, 0.1) is 5.92 Å². The second kappa shape index (κ2) is 6.66. The Bertz CT molecular complexity index is 311. The molecule has 1 rings (SSSR count). The highest BCUT2D eigenvalue weighted by Crippen LogP contribution is 2.18. The van der Waals surface area contributed by atoms with Gasteiger partial charge < -0.3 is 10.1 Å². The van der Waals surface area contributed by atoms with Gasteiger partial charge in [-0.2, -0.15) is 0 Å². The minimum absolute atomic E-state index is 0.0950. The van der Waals surface area contributed by atoms with Crippen molar-refractivity contribution in [3.8, 4) is 0 Å². The van der Waals surface area contributed by atoms with Gasteiger partial charge in [-0.15, -0.1) is 11.3 Å². The maximum absolute atomic E-state index is 11.4. The first-order valence-electron chi connectivity index (χ1n) is 5.58. The highest BCUT2D eigenvalue weighted by molar-refractivity contribution is 7.10. The number of esters is 1. The van der Waals surface area contributed by atoms with Gasteiger partial charge in [0.2, 0.25) is 0 Å². The summed E-state index contributed by atoms with van der Waals surface area (Å²) in [5.74, 6) is -0.226. The number of rotatable bonds is 6. The van der Waals surface area contributed by atoms with Crippen LogP contribution in [-0.2, 0) is 9.53 Å². The smallest absolute Gasteiger partial charge is 0.309 e. The van der Waals surface area contributed by atoms with Gasteiger partial charge in [-0.25, -0.2) is 0 Å². The fourth-order valence-electron chi connectivity index (χ4n) is 1.36. The van der Waals surface area contributed by atoms with Crippen molar-refractivity contribution in [2.45, 2.75) is 26.8 Å². The lowest BCUT2D eigenvalue weighted by Gasteiger charge is -2.15. The molecule has 0 amide bonds. The molecule has 0 fully saturated rings. The summed E-state index contributed by atoms with van der Waals surface area (Å²) in [6, 6.07) is 4.42.